The first-order valence-corrected chi connectivity index (χ1v) is 8.12. The molecule has 2 heterocycles. The zero-order valence-electron chi connectivity index (χ0n) is 12.2. The van der Waals surface area contributed by atoms with Gasteiger partial charge in [0.25, 0.3) is 0 Å². The lowest BCUT2D eigenvalue weighted by atomic mass is 9.98. The molecule has 0 aromatic heterocycles. The Bertz CT molecular complexity index is 454. The predicted octanol–water partition coefficient (Wildman–Crippen LogP) is 3.89. The quantitative estimate of drug-likeness (QED) is 0.880. The number of rotatable bonds is 3. The van der Waals surface area contributed by atoms with Gasteiger partial charge in [0.05, 0.1) is 0 Å². The van der Waals surface area contributed by atoms with E-state index >= 15 is 0 Å². The number of fused-ring (bicyclic) bond motifs is 2. The van der Waals surface area contributed by atoms with Gasteiger partial charge < -0.3 is 5.32 Å². The molecule has 1 aromatic carbocycles. The smallest absolute Gasteiger partial charge is 0.0244 e. The number of nitrogens with zero attached hydrogens (tertiary/aromatic N) is 1. The first-order chi connectivity index (χ1) is 9.11. The summed E-state index contributed by atoms with van der Waals surface area (Å²) in [5.74, 6) is 0. The Morgan fingerprint density at radius 1 is 1.25 bits per heavy atom. The number of piperidine rings is 1. The minimum atomic E-state index is 0. The molecular formula is C16H24BrClN2. The number of halogens is 2. The molecule has 2 aliphatic heterocycles. The van der Waals surface area contributed by atoms with Crippen molar-refractivity contribution >= 4 is 28.3 Å². The number of benzene rings is 1. The van der Waals surface area contributed by atoms with Crippen molar-refractivity contribution < 1.29 is 0 Å². The van der Waals surface area contributed by atoms with Gasteiger partial charge in [0.15, 0.2) is 0 Å². The van der Waals surface area contributed by atoms with Gasteiger partial charge in [-0.1, -0.05) is 28.1 Å². The third-order valence-corrected chi connectivity index (χ3v) is 5.44. The summed E-state index contributed by atoms with van der Waals surface area (Å²) in [5, 5.41) is 3.72. The van der Waals surface area contributed by atoms with Gasteiger partial charge >= 0.3 is 0 Å². The van der Waals surface area contributed by atoms with Gasteiger partial charge in [-0.3, -0.25) is 4.90 Å². The van der Waals surface area contributed by atoms with Crippen molar-refractivity contribution in [2.45, 2.75) is 57.3 Å². The Morgan fingerprint density at radius 2 is 1.90 bits per heavy atom. The van der Waals surface area contributed by atoms with Gasteiger partial charge in [-0.15, -0.1) is 12.4 Å². The van der Waals surface area contributed by atoms with E-state index in [0.717, 1.165) is 24.7 Å². The van der Waals surface area contributed by atoms with Crippen molar-refractivity contribution in [1.82, 2.24) is 10.2 Å². The Hall–Kier alpha value is -0.0900. The van der Waals surface area contributed by atoms with Crippen molar-refractivity contribution in [3.05, 3.63) is 33.8 Å². The van der Waals surface area contributed by atoms with Crippen LogP contribution in [0.3, 0.4) is 0 Å². The molecule has 1 N–H and O–H groups in total. The Labute approximate surface area is 136 Å². The molecule has 20 heavy (non-hydrogen) atoms. The molecule has 2 atom stereocenters. The van der Waals surface area contributed by atoms with E-state index in [1.807, 2.05) is 0 Å². The molecule has 2 fully saturated rings. The van der Waals surface area contributed by atoms with Crippen LogP contribution in [-0.2, 0) is 6.54 Å². The second-order valence-electron chi connectivity index (χ2n) is 6.27. The standard InChI is InChI=1S/C16H23BrN2.ClH/c1-11-3-4-12(16(17)7-11)10-19(2)15-8-13-5-6-14(9-15)18-13;/h3-4,7,13-15,18H,5-6,8-10H2,1-2H3;1H. The largest absolute Gasteiger partial charge is 0.311 e. The van der Waals surface area contributed by atoms with Gasteiger partial charge in [-0.2, -0.15) is 0 Å². The first kappa shape index (κ1) is 16.3. The van der Waals surface area contributed by atoms with Gasteiger partial charge in [0.2, 0.25) is 0 Å². The van der Waals surface area contributed by atoms with E-state index in [9.17, 15) is 0 Å². The molecule has 1 aromatic rings. The molecule has 2 aliphatic rings. The normalized spacial score (nSPS) is 28.5. The maximum atomic E-state index is 3.72. The lowest BCUT2D eigenvalue weighted by Gasteiger charge is -2.35. The fourth-order valence-corrected chi connectivity index (χ4v) is 4.18. The monoisotopic (exact) mass is 358 g/mol. The fraction of sp³-hybridized carbons (Fsp3) is 0.625. The number of hydrogen-bond acceptors (Lipinski definition) is 2. The van der Waals surface area contributed by atoms with Crippen LogP contribution in [0.1, 0.15) is 36.8 Å². The van der Waals surface area contributed by atoms with Crippen LogP contribution in [0.2, 0.25) is 0 Å². The van der Waals surface area contributed by atoms with E-state index in [1.165, 1.54) is 41.3 Å². The van der Waals surface area contributed by atoms with Crippen molar-refractivity contribution in [1.29, 1.82) is 0 Å². The number of nitrogens with one attached hydrogen (secondary N) is 1. The molecular weight excluding hydrogens is 336 g/mol. The molecule has 3 rings (SSSR count). The van der Waals surface area contributed by atoms with E-state index in [4.69, 9.17) is 0 Å². The van der Waals surface area contributed by atoms with E-state index in [2.05, 4.69) is 58.3 Å². The maximum Gasteiger partial charge on any atom is 0.0244 e. The topological polar surface area (TPSA) is 15.3 Å². The highest BCUT2D eigenvalue weighted by Crippen LogP contribution is 2.30. The Morgan fingerprint density at radius 3 is 2.50 bits per heavy atom. The number of hydrogen-bond donors (Lipinski definition) is 1. The summed E-state index contributed by atoms with van der Waals surface area (Å²) in [5.41, 5.74) is 2.72. The minimum Gasteiger partial charge on any atom is -0.311 e. The summed E-state index contributed by atoms with van der Waals surface area (Å²) in [6, 6.07) is 8.97. The van der Waals surface area contributed by atoms with Gasteiger partial charge in [-0.05, 0) is 56.8 Å². The highest BCUT2D eigenvalue weighted by molar-refractivity contribution is 9.10. The molecule has 4 heteroatoms. The molecule has 2 saturated heterocycles. The van der Waals surface area contributed by atoms with Crippen LogP contribution < -0.4 is 5.32 Å². The van der Waals surface area contributed by atoms with Crippen LogP contribution in [0.15, 0.2) is 22.7 Å². The maximum absolute atomic E-state index is 3.72. The van der Waals surface area contributed by atoms with Crippen LogP contribution in [0.5, 0.6) is 0 Å². The van der Waals surface area contributed by atoms with Gasteiger partial charge in [0.1, 0.15) is 0 Å². The summed E-state index contributed by atoms with van der Waals surface area (Å²) in [6.07, 6.45) is 5.39. The van der Waals surface area contributed by atoms with Crippen molar-refractivity contribution in [2.75, 3.05) is 7.05 Å². The third-order valence-electron chi connectivity index (χ3n) is 4.70. The predicted molar refractivity (Wildman–Crippen MR) is 90.6 cm³/mol. The summed E-state index contributed by atoms with van der Waals surface area (Å²) in [6.45, 7) is 3.19. The molecule has 0 spiro atoms. The lowest BCUT2D eigenvalue weighted by molar-refractivity contribution is 0.165. The molecule has 0 aliphatic carbocycles. The molecule has 112 valence electrons. The Balaban J connectivity index is 0.00000147. The highest BCUT2D eigenvalue weighted by Gasteiger charge is 2.34. The summed E-state index contributed by atoms with van der Waals surface area (Å²) in [4.78, 5) is 2.54. The molecule has 0 radical (unpaired) electrons. The fourth-order valence-electron chi connectivity index (χ4n) is 3.57. The average molecular weight is 360 g/mol. The van der Waals surface area contributed by atoms with Crippen LogP contribution in [0, 0.1) is 6.92 Å². The van der Waals surface area contributed by atoms with E-state index in [1.54, 1.807) is 0 Å². The van der Waals surface area contributed by atoms with Crippen LogP contribution in [0.4, 0.5) is 0 Å². The summed E-state index contributed by atoms with van der Waals surface area (Å²) < 4.78 is 1.25. The highest BCUT2D eigenvalue weighted by atomic mass is 79.9. The van der Waals surface area contributed by atoms with Gasteiger partial charge in [0, 0.05) is 29.1 Å². The second kappa shape index (κ2) is 6.78. The van der Waals surface area contributed by atoms with Crippen LogP contribution in [-0.4, -0.2) is 30.1 Å². The summed E-state index contributed by atoms with van der Waals surface area (Å²) >= 11 is 3.70. The van der Waals surface area contributed by atoms with Crippen molar-refractivity contribution in [3.63, 3.8) is 0 Å². The minimum absolute atomic E-state index is 0. The first-order valence-electron chi connectivity index (χ1n) is 7.33. The zero-order valence-corrected chi connectivity index (χ0v) is 14.6. The molecule has 2 bridgehead atoms. The van der Waals surface area contributed by atoms with Crippen LogP contribution in [0.25, 0.3) is 0 Å². The van der Waals surface area contributed by atoms with E-state index < -0.39 is 0 Å². The number of aryl methyl sites for hydroxylation is 1. The second-order valence-corrected chi connectivity index (χ2v) is 7.13. The van der Waals surface area contributed by atoms with E-state index in [0.29, 0.717) is 0 Å². The third kappa shape index (κ3) is 3.56. The zero-order chi connectivity index (χ0) is 13.4. The molecule has 0 amide bonds. The van der Waals surface area contributed by atoms with Gasteiger partial charge in [-0.25, -0.2) is 0 Å². The summed E-state index contributed by atoms with van der Waals surface area (Å²) in [7, 11) is 2.28. The Kier molecular flexibility index (Phi) is 5.52. The molecule has 2 unspecified atom stereocenters. The van der Waals surface area contributed by atoms with Crippen molar-refractivity contribution in [2.24, 2.45) is 0 Å². The average Bonchev–Trinajstić information content (AvgIpc) is 2.71. The lowest BCUT2D eigenvalue weighted by Crippen LogP contribution is -2.46. The molecule has 0 saturated carbocycles. The van der Waals surface area contributed by atoms with E-state index in [-0.39, 0.29) is 12.4 Å². The SMILES string of the molecule is Cc1ccc(CN(C)C2CC3CCC(C2)N3)c(Br)c1.Cl. The van der Waals surface area contributed by atoms with Crippen LogP contribution >= 0.6 is 28.3 Å². The van der Waals surface area contributed by atoms with Crippen molar-refractivity contribution in [3.8, 4) is 0 Å². The molecule has 2 nitrogen and oxygen atoms in total.